The lowest BCUT2D eigenvalue weighted by Gasteiger charge is -2.25. The second-order valence-electron chi connectivity index (χ2n) is 4.63. The van der Waals surface area contributed by atoms with Crippen LogP contribution in [0, 0.1) is 5.82 Å². The molecular weight excluding hydrogens is 305 g/mol. The molecule has 0 fully saturated rings. The first-order valence-electron chi connectivity index (χ1n) is 6.30. The molecule has 0 spiro atoms. The smallest absolute Gasteiger partial charge is 0.128 e. The number of nitrogens with one attached hydrogen (secondary N) is 1. The van der Waals surface area contributed by atoms with Gasteiger partial charge in [0.1, 0.15) is 5.82 Å². The predicted molar refractivity (Wildman–Crippen MR) is 80.8 cm³/mol. The van der Waals surface area contributed by atoms with E-state index in [2.05, 4.69) is 40.3 Å². The van der Waals surface area contributed by atoms with Crippen molar-refractivity contribution in [3.05, 3.63) is 69.9 Å². The molecule has 1 N–H and O–H groups in total. The van der Waals surface area contributed by atoms with Gasteiger partial charge in [-0.05, 0) is 30.8 Å². The molecule has 0 aliphatic rings. The van der Waals surface area contributed by atoms with Gasteiger partial charge < -0.3 is 5.32 Å². The van der Waals surface area contributed by atoms with Gasteiger partial charge in [-0.3, -0.25) is 0 Å². The standard InChI is InChI=1S/C16H17BrFN/c1-11(12-6-4-3-5-7-12)16(19-2)14-10-13(17)8-9-15(14)18/h3-11,16,19H,1-2H3. The molecule has 0 radical (unpaired) electrons. The van der Waals surface area contributed by atoms with Gasteiger partial charge in [0.05, 0.1) is 0 Å². The van der Waals surface area contributed by atoms with Crippen molar-refractivity contribution >= 4 is 15.9 Å². The minimum absolute atomic E-state index is 0.0556. The predicted octanol–water partition coefficient (Wildman–Crippen LogP) is 4.65. The van der Waals surface area contributed by atoms with Crippen molar-refractivity contribution in [3.8, 4) is 0 Å². The van der Waals surface area contributed by atoms with Crippen LogP contribution in [0.4, 0.5) is 4.39 Å². The number of hydrogen-bond acceptors (Lipinski definition) is 1. The average molecular weight is 322 g/mol. The molecule has 0 aromatic heterocycles. The molecule has 100 valence electrons. The van der Waals surface area contributed by atoms with E-state index in [0.29, 0.717) is 5.56 Å². The monoisotopic (exact) mass is 321 g/mol. The molecule has 19 heavy (non-hydrogen) atoms. The van der Waals surface area contributed by atoms with Crippen LogP contribution in [0.15, 0.2) is 53.0 Å². The van der Waals surface area contributed by atoms with Gasteiger partial charge >= 0.3 is 0 Å². The summed E-state index contributed by atoms with van der Waals surface area (Å²) in [6.07, 6.45) is 0. The first-order chi connectivity index (χ1) is 9.13. The highest BCUT2D eigenvalue weighted by Crippen LogP contribution is 2.32. The van der Waals surface area contributed by atoms with Gasteiger partial charge in [0.2, 0.25) is 0 Å². The number of halogens is 2. The maximum atomic E-state index is 14.0. The van der Waals surface area contributed by atoms with Crippen molar-refractivity contribution in [1.29, 1.82) is 0 Å². The summed E-state index contributed by atoms with van der Waals surface area (Å²) in [4.78, 5) is 0. The van der Waals surface area contributed by atoms with Crippen molar-refractivity contribution in [3.63, 3.8) is 0 Å². The highest BCUT2D eigenvalue weighted by molar-refractivity contribution is 9.10. The number of likely N-dealkylation sites (N-methyl/N-ethyl adjacent to an activating group) is 1. The Bertz CT molecular complexity index is 542. The molecule has 0 heterocycles. The Hall–Kier alpha value is -1.19. The largest absolute Gasteiger partial charge is 0.312 e. The lowest BCUT2D eigenvalue weighted by Crippen LogP contribution is -2.23. The van der Waals surface area contributed by atoms with Crippen LogP contribution in [0.25, 0.3) is 0 Å². The molecule has 0 bridgehead atoms. The number of hydrogen-bond donors (Lipinski definition) is 1. The van der Waals surface area contributed by atoms with E-state index in [-0.39, 0.29) is 17.8 Å². The van der Waals surface area contributed by atoms with Crippen molar-refractivity contribution in [2.75, 3.05) is 7.05 Å². The normalized spacial score (nSPS) is 14.1. The van der Waals surface area contributed by atoms with E-state index in [1.54, 1.807) is 6.07 Å². The summed E-state index contributed by atoms with van der Waals surface area (Å²) in [5.41, 5.74) is 1.88. The molecule has 0 amide bonds. The average Bonchev–Trinajstić information content (AvgIpc) is 2.44. The molecule has 0 saturated carbocycles. The summed E-state index contributed by atoms with van der Waals surface area (Å²) in [6, 6.07) is 15.2. The molecule has 1 nitrogen and oxygen atoms in total. The van der Waals surface area contributed by atoms with Crippen LogP contribution >= 0.6 is 15.9 Å². The lowest BCUT2D eigenvalue weighted by atomic mass is 9.88. The molecule has 2 atom stereocenters. The van der Waals surface area contributed by atoms with Crippen LogP contribution in [0.5, 0.6) is 0 Å². The summed E-state index contributed by atoms with van der Waals surface area (Å²) in [5.74, 6) is 0.0142. The van der Waals surface area contributed by atoms with Crippen LogP contribution in [0.1, 0.15) is 30.0 Å². The fourth-order valence-corrected chi connectivity index (χ4v) is 2.76. The Balaban J connectivity index is 2.37. The second-order valence-corrected chi connectivity index (χ2v) is 5.55. The minimum atomic E-state index is -0.176. The van der Waals surface area contributed by atoms with E-state index in [1.807, 2.05) is 31.3 Å². The van der Waals surface area contributed by atoms with Crippen LogP contribution in [0.2, 0.25) is 0 Å². The van der Waals surface area contributed by atoms with Gasteiger partial charge in [-0.25, -0.2) is 4.39 Å². The van der Waals surface area contributed by atoms with Crippen LogP contribution in [-0.4, -0.2) is 7.05 Å². The first-order valence-corrected chi connectivity index (χ1v) is 7.10. The Morgan fingerprint density at radius 3 is 2.42 bits per heavy atom. The Labute approximate surface area is 122 Å². The van der Waals surface area contributed by atoms with Gasteiger partial charge in [-0.15, -0.1) is 0 Å². The number of benzene rings is 2. The summed E-state index contributed by atoms with van der Waals surface area (Å²) in [7, 11) is 1.87. The lowest BCUT2D eigenvalue weighted by molar-refractivity contribution is 0.478. The van der Waals surface area contributed by atoms with Gasteiger partial charge in [-0.2, -0.15) is 0 Å². The van der Waals surface area contributed by atoms with Gasteiger partial charge in [0.25, 0.3) is 0 Å². The topological polar surface area (TPSA) is 12.0 Å². The highest BCUT2D eigenvalue weighted by Gasteiger charge is 2.22. The maximum Gasteiger partial charge on any atom is 0.128 e. The summed E-state index contributed by atoms with van der Waals surface area (Å²) >= 11 is 3.40. The van der Waals surface area contributed by atoms with Crippen LogP contribution in [0.3, 0.4) is 0 Å². The van der Waals surface area contributed by atoms with Crippen LogP contribution < -0.4 is 5.32 Å². The number of rotatable bonds is 4. The van der Waals surface area contributed by atoms with Gasteiger partial charge in [0.15, 0.2) is 0 Å². The zero-order valence-electron chi connectivity index (χ0n) is 11.0. The fraction of sp³-hybridized carbons (Fsp3) is 0.250. The zero-order valence-corrected chi connectivity index (χ0v) is 12.6. The molecule has 0 aliphatic carbocycles. The first kappa shape index (κ1) is 14.2. The zero-order chi connectivity index (χ0) is 13.8. The van der Waals surface area contributed by atoms with E-state index < -0.39 is 0 Å². The molecule has 2 aromatic carbocycles. The fourth-order valence-electron chi connectivity index (χ4n) is 2.38. The summed E-state index contributed by atoms with van der Waals surface area (Å²) in [5, 5.41) is 3.22. The van der Waals surface area contributed by atoms with Gasteiger partial charge in [-0.1, -0.05) is 53.2 Å². The van der Waals surface area contributed by atoms with Crippen molar-refractivity contribution in [2.45, 2.75) is 18.9 Å². The second kappa shape index (κ2) is 6.31. The van der Waals surface area contributed by atoms with Gasteiger partial charge in [0, 0.05) is 22.0 Å². The molecule has 2 aromatic rings. The molecule has 3 heteroatoms. The van der Waals surface area contributed by atoms with E-state index in [4.69, 9.17) is 0 Å². The third-order valence-electron chi connectivity index (χ3n) is 3.43. The molecular formula is C16H17BrFN. The van der Waals surface area contributed by atoms with E-state index in [1.165, 1.54) is 11.6 Å². The summed E-state index contributed by atoms with van der Waals surface area (Å²) < 4.78 is 14.9. The third kappa shape index (κ3) is 3.23. The van der Waals surface area contributed by atoms with E-state index >= 15 is 0 Å². The SMILES string of the molecule is CNC(c1cc(Br)ccc1F)C(C)c1ccccc1. The third-order valence-corrected chi connectivity index (χ3v) is 3.92. The maximum absolute atomic E-state index is 14.0. The van der Waals surface area contributed by atoms with E-state index in [9.17, 15) is 4.39 Å². The Kier molecular flexibility index (Phi) is 4.72. The van der Waals surface area contributed by atoms with Crippen molar-refractivity contribution in [1.82, 2.24) is 5.32 Å². The Morgan fingerprint density at radius 1 is 1.11 bits per heavy atom. The Morgan fingerprint density at radius 2 is 1.79 bits per heavy atom. The van der Waals surface area contributed by atoms with Crippen LogP contribution in [-0.2, 0) is 0 Å². The molecule has 2 rings (SSSR count). The highest BCUT2D eigenvalue weighted by atomic mass is 79.9. The van der Waals surface area contributed by atoms with E-state index in [0.717, 1.165) is 4.47 Å². The van der Waals surface area contributed by atoms with Crippen molar-refractivity contribution < 1.29 is 4.39 Å². The minimum Gasteiger partial charge on any atom is -0.312 e. The quantitative estimate of drug-likeness (QED) is 0.864. The summed E-state index contributed by atoms with van der Waals surface area (Å²) in [6.45, 7) is 2.11. The molecule has 0 aliphatic heterocycles. The molecule has 2 unspecified atom stereocenters. The van der Waals surface area contributed by atoms with Crippen molar-refractivity contribution in [2.24, 2.45) is 0 Å². The molecule has 0 saturated heterocycles.